The normalized spacial score (nSPS) is 13.1. The third-order valence-corrected chi connectivity index (χ3v) is 4.06. The monoisotopic (exact) mass is 312 g/mol. The molecule has 0 bridgehead atoms. The van der Waals surface area contributed by atoms with Crippen molar-refractivity contribution in [2.45, 2.75) is 24.7 Å². The van der Waals surface area contributed by atoms with Gasteiger partial charge in [0.25, 0.3) is 0 Å². The van der Waals surface area contributed by atoms with Crippen LogP contribution in [0.4, 0.5) is 0 Å². The summed E-state index contributed by atoms with van der Waals surface area (Å²) in [4.78, 5) is 12.1. The summed E-state index contributed by atoms with van der Waals surface area (Å²) in [6.45, 7) is 1.92. The molecule has 1 rings (SSSR count). The number of carboxylic acids is 1. The predicted molar refractivity (Wildman–Crippen MR) is 82.4 cm³/mol. The molecule has 0 aliphatic heterocycles. The number of carboxylic acid groups (broad SMARTS) is 1. The zero-order valence-electron chi connectivity index (χ0n) is 11.4. The fourth-order valence-electron chi connectivity index (χ4n) is 1.80. The summed E-state index contributed by atoms with van der Waals surface area (Å²) >= 11 is 7.65. The molecule has 0 aliphatic rings. The molecule has 0 heterocycles. The smallest absolute Gasteiger partial charge is 0.310 e. The van der Waals surface area contributed by atoms with Gasteiger partial charge in [-0.25, -0.2) is 5.53 Å². The molecule has 6 heteroatoms. The van der Waals surface area contributed by atoms with Gasteiger partial charge in [-0.3, -0.25) is 4.79 Å². The molecular weight excluding hydrogens is 296 g/mol. The van der Waals surface area contributed by atoms with Gasteiger partial charge in [0.15, 0.2) is 0 Å². The Hall–Kier alpha value is -1.33. The highest BCUT2D eigenvalue weighted by Crippen LogP contribution is 2.29. The Labute approximate surface area is 127 Å². The van der Waals surface area contributed by atoms with E-state index in [2.05, 4.69) is 5.11 Å². The number of hydrogen-bond donors (Lipinski definition) is 2. The highest BCUT2D eigenvalue weighted by molar-refractivity contribution is 7.98. The van der Waals surface area contributed by atoms with Crippen LogP contribution in [0.2, 0.25) is 5.02 Å². The van der Waals surface area contributed by atoms with Gasteiger partial charge in [-0.15, -0.1) is 11.8 Å². The van der Waals surface area contributed by atoms with Gasteiger partial charge in [0.05, 0.1) is 16.6 Å². The molecular formula is C14H17ClN2O2S. The van der Waals surface area contributed by atoms with E-state index in [9.17, 15) is 4.79 Å². The third-order valence-electron chi connectivity index (χ3n) is 2.84. The van der Waals surface area contributed by atoms with E-state index in [-0.39, 0.29) is 0 Å². The Kier molecular flexibility index (Phi) is 6.75. The summed E-state index contributed by atoms with van der Waals surface area (Å²) in [7, 11) is 0. The molecule has 20 heavy (non-hydrogen) atoms. The second kappa shape index (κ2) is 8.07. The summed E-state index contributed by atoms with van der Waals surface area (Å²) in [6.07, 6.45) is 4.72. The van der Waals surface area contributed by atoms with Crippen molar-refractivity contribution in [1.29, 1.82) is 5.53 Å². The fraction of sp³-hybridized carbons (Fsp3) is 0.357. The van der Waals surface area contributed by atoms with Crippen molar-refractivity contribution in [3.63, 3.8) is 0 Å². The Balaban J connectivity index is 3.14. The van der Waals surface area contributed by atoms with Crippen molar-refractivity contribution in [2.24, 2.45) is 11.0 Å². The highest BCUT2D eigenvalue weighted by Gasteiger charge is 2.15. The van der Waals surface area contributed by atoms with Gasteiger partial charge in [0, 0.05) is 10.5 Å². The summed E-state index contributed by atoms with van der Waals surface area (Å²) in [5.74, 6) is -1.54. The molecule has 0 aliphatic carbocycles. The van der Waals surface area contributed by atoms with Crippen LogP contribution in [0.3, 0.4) is 0 Å². The lowest BCUT2D eigenvalue weighted by molar-refractivity contribution is -0.140. The first-order valence-corrected chi connectivity index (χ1v) is 7.79. The standard InChI is InChI=1S/C14H17ClN2O2S/c1-3-4-10(14(18)19)8-12(17-16)9-5-6-13(20-2)11(15)7-9/h5-8,10,16H,3-4H2,1-2H3,(H,18,19)/b12-8-,17-16?. The molecule has 0 saturated carbocycles. The number of nitrogens with zero attached hydrogens (tertiary/aromatic N) is 1. The van der Waals surface area contributed by atoms with Crippen molar-refractivity contribution >= 4 is 35.0 Å². The van der Waals surface area contributed by atoms with Gasteiger partial charge in [0.2, 0.25) is 0 Å². The Morgan fingerprint density at radius 1 is 1.60 bits per heavy atom. The van der Waals surface area contributed by atoms with Gasteiger partial charge in [-0.1, -0.05) is 31.0 Å². The van der Waals surface area contributed by atoms with Crippen LogP contribution in [0.1, 0.15) is 25.3 Å². The molecule has 0 spiro atoms. The van der Waals surface area contributed by atoms with E-state index in [0.717, 1.165) is 11.3 Å². The van der Waals surface area contributed by atoms with Crippen molar-refractivity contribution in [1.82, 2.24) is 0 Å². The molecule has 2 N–H and O–H groups in total. The van der Waals surface area contributed by atoms with Crippen LogP contribution in [0, 0.1) is 11.4 Å². The number of benzene rings is 1. The number of nitrogens with one attached hydrogen (secondary N) is 1. The number of rotatable bonds is 7. The Morgan fingerprint density at radius 2 is 2.30 bits per heavy atom. The second-order valence-electron chi connectivity index (χ2n) is 4.25. The lowest BCUT2D eigenvalue weighted by Crippen LogP contribution is -2.11. The molecule has 0 saturated heterocycles. The molecule has 1 atom stereocenters. The van der Waals surface area contributed by atoms with E-state index in [1.807, 2.05) is 19.2 Å². The fourth-order valence-corrected chi connectivity index (χ4v) is 2.67. The van der Waals surface area contributed by atoms with Crippen LogP contribution in [0.5, 0.6) is 0 Å². The van der Waals surface area contributed by atoms with Gasteiger partial charge in [-0.05, 0) is 30.9 Å². The van der Waals surface area contributed by atoms with E-state index in [0.29, 0.717) is 22.7 Å². The molecule has 0 aromatic heterocycles. The Morgan fingerprint density at radius 3 is 2.75 bits per heavy atom. The summed E-state index contributed by atoms with van der Waals surface area (Å²) in [6, 6.07) is 5.35. The zero-order chi connectivity index (χ0) is 15.1. The zero-order valence-corrected chi connectivity index (χ0v) is 13.0. The van der Waals surface area contributed by atoms with Crippen molar-refractivity contribution in [3.05, 3.63) is 34.9 Å². The highest BCUT2D eigenvalue weighted by atomic mass is 35.5. The SMILES string of the molecule is CCCC(/C=C(\N=N)c1ccc(SC)c(Cl)c1)C(=O)O. The summed E-state index contributed by atoms with van der Waals surface area (Å²) in [5.41, 5.74) is 8.24. The third kappa shape index (κ3) is 4.35. The van der Waals surface area contributed by atoms with E-state index in [4.69, 9.17) is 22.2 Å². The molecule has 4 nitrogen and oxygen atoms in total. The van der Waals surface area contributed by atoms with Crippen LogP contribution in [-0.4, -0.2) is 17.3 Å². The lowest BCUT2D eigenvalue weighted by atomic mass is 10.0. The largest absolute Gasteiger partial charge is 0.481 e. The van der Waals surface area contributed by atoms with Crippen LogP contribution in [0.15, 0.2) is 34.3 Å². The topological polar surface area (TPSA) is 73.5 Å². The lowest BCUT2D eigenvalue weighted by Gasteiger charge is -2.09. The number of thioether (sulfide) groups is 1. The van der Waals surface area contributed by atoms with Crippen molar-refractivity contribution < 1.29 is 9.90 Å². The van der Waals surface area contributed by atoms with E-state index < -0.39 is 11.9 Å². The molecule has 0 amide bonds. The summed E-state index contributed by atoms with van der Waals surface area (Å²) < 4.78 is 0. The van der Waals surface area contributed by atoms with E-state index in [1.54, 1.807) is 12.1 Å². The number of aliphatic carboxylic acids is 1. The quantitative estimate of drug-likeness (QED) is 0.553. The molecule has 108 valence electrons. The van der Waals surface area contributed by atoms with Crippen LogP contribution in [-0.2, 0) is 4.79 Å². The maximum absolute atomic E-state index is 11.2. The molecule has 1 aromatic carbocycles. The van der Waals surface area contributed by atoms with Crippen molar-refractivity contribution in [3.8, 4) is 0 Å². The van der Waals surface area contributed by atoms with Crippen LogP contribution < -0.4 is 0 Å². The Bertz CT molecular complexity index is 532. The molecule has 1 aromatic rings. The minimum Gasteiger partial charge on any atom is -0.481 e. The first kappa shape index (κ1) is 16.7. The number of carbonyl (C=O) groups is 1. The molecule has 0 fully saturated rings. The first-order valence-electron chi connectivity index (χ1n) is 6.19. The average molecular weight is 313 g/mol. The average Bonchev–Trinajstić information content (AvgIpc) is 2.43. The maximum atomic E-state index is 11.2. The maximum Gasteiger partial charge on any atom is 0.310 e. The van der Waals surface area contributed by atoms with E-state index >= 15 is 0 Å². The number of hydrogen-bond acceptors (Lipinski definition) is 4. The minimum absolute atomic E-state index is 0.334. The van der Waals surface area contributed by atoms with E-state index in [1.165, 1.54) is 17.8 Å². The van der Waals surface area contributed by atoms with Gasteiger partial charge >= 0.3 is 5.97 Å². The first-order chi connectivity index (χ1) is 9.53. The minimum atomic E-state index is -0.903. The van der Waals surface area contributed by atoms with Gasteiger partial charge < -0.3 is 5.11 Å². The number of halogens is 1. The van der Waals surface area contributed by atoms with Crippen molar-refractivity contribution in [2.75, 3.05) is 6.26 Å². The summed E-state index contributed by atoms with van der Waals surface area (Å²) in [5, 5.41) is 13.2. The molecule has 0 radical (unpaired) electrons. The predicted octanol–water partition coefficient (Wildman–Crippen LogP) is 4.93. The molecule has 1 unspecified atom stereocenters. The second-order valence-corrected chi connectivity index (χ2v) is 5.50. The van der Waals surface area contributed by atoms with Crippen LogP contribution in [0.25, 0.3) is 5.70 Å². The van der Waals surface area contributed by atoms with Crippen LogP contribution >= 0.6 is 23.4 Å². The van der Waals surface area contributed by atoms with Gasteiger partial charge in [-0.2, -0.15) is 5.11 Å². The van der Waals surface area contributed by atoms with Gasteiger partial charge in [0.1, 0.15) is 0 Å².